The summed E-state index contributed by atoms with van der Waals surface area (Å²) in [5.41, 5.74) is 1.44. The first-order chi connectivity index (χ1) is 11.9. The van der Waals surface area contributed by atoms with Crippen LogP contribution in [0.4, 0.5) is 17.2 Å². The Morgan fingerprint density at radius 1 is 1.24 bits per heavy atom. The predicted octanol–water partition coefficient (Wildman–Crippen LogP) is 2.90. The molecular formula is C18H19BrN4O2. The number of anilines is 3. The van der Waals surface area contributed by atoms with Crippen molar-refractivity contribution < 1.29 is 9.59 Å². The molecule has 1 aliphatic heterocycles. The lowest BCUT2D eigenvalue weighted by Gasteiger charge is -2.17. The van der Waals surface area contributed by atoms with E-state index in [1.165, 1.54) is 0 Å². The van der Waals surface area contributed by atoms with E-state index in [9.17, 15) is 9.59 Å². The van der Waals surface area contributed by atoms with E-state index in [1.54, 1.807) is 11.1 Å². The number of nitrogens with zero attached hydrogens (tertiary/aromatic N) is 3. The number of hydrogen-bond donors (Lipinski definition) is 1. The molecule has 1 aromatic carbocycles. The van der Waals surface area contributed by atoms with Crippen LogP contribution < -0.4 is 15.1 Å². The lowest BCUT2D eigenvalue weighted by atomic mass is 10.1. The Labute approximate surface area is 155 Å². The molecule has 1 fully saturated rings. The second-order valence-corrected chi connectivity index (χ2v) is 7.09. The van der Waals surface area contributed by atoms with E-state index in [4.69, 9.17) is 0 Å². The van der Waals surface area contributed by atoms with Crippen molar-refractivity contribution >= 4 is 44.9 Å². The number of nitrogens with one attached hydrogen (secondary N) is 1. The van der Waals surface area contributed by atoms with E-state index in [0.717, 1.165) is 16.0 Å². The highest BCUT2D eigenvalue weighted by Crippen LogP contribution is 2.27. The fraction of sp³-hybridized carbons (Fsp3) is 0.278. The highest BCUT2D eigenvalue weighted by Gasteiger charge is 2.35. The second kappa shape index (κ2) is 7.23. The number of hydrogen-bond acceptors (Lipinski definition) is 4. The quantitative estimate of drug-likeness (QED) is 0.853. The zero-order valence-corrected chi connectivity index (χ0v) is 15.7. The summed E-state index contributed by atoms with van der Waals surface area (Å²) in [6.07, 6.45) is 1.83. The van der Waals surface area contributed by atoms with Gasteiger partial charge in [-0.1, -0.05) is 15.9 Å². The molecule has 0 saturated carbocycles. The highest BCUT2D eigenvalue weighted by atomic mass is 79.9. The number of amides is 2. The molecule has 6 nitrogen and oxygen atoms in total. The van der Waals surface area contributed by atoms with E-state index in [2.05, 4.69) is 26.2 Å². The van der Waals surface area contributed by atoms with Crippen LogP contribution in [-0.2, 0) is 9.59 Å². The lowest BCUT2D eigenvalue weighted by Crippen LogP contribution is -2.28. The maximum absolute atomic E-state index is 12.5. The van der Waals surface area contributed by atoms with Gasteiger partial charge in [-0.2, -0.15) is 0 Å². The molecule has 1 aromatic heterocycles. The van der Waals surface area contributed by atoms with E-state index < -0.39 is 0 Å². The highest BCUT2D eigenvalue weighted by molar-refractivity contribution is 9.10. The topological polar surface area (TPSA) is 65.5 Å². The summed E-state index contributed by atoms with van der Waals surface area (Å²) < 4.78 is 0.950. The van der Waals surface area contributed by atoms with E-state index in [1.807, 2.05) is 55.4 Å². The molecule has 7 heteroatoms. The molecule has 1 saturated heterocycles. The van der Waals surface area contributed by atoms with Crippen LogP contribution in [0.1, 0.15) is 6.42 Å². The first-order valence-electron chi connectivity index (χ1n) is 7.94. The number of rotatable bonds is 4. The minimum atomic E-state index is -0.371. The fourth-order valence-corrected chi connectivity index (χ4v) is 2.99. The van der Waals surface area contributed by atoms with Gasteiger partial charge in [-0.3, -0.25) is 9.59 Å². The number of halogens is 1. The Bertz CT molecular complexity index is 775. The number of carbonyl (C=O) groups excluding carboxylic acids is 2. The van der Waals surface area contributed by atoms with Gasteiger partial charge in [0, 0.05) is 37.2 Å². The van der Waals surface area contributed by atoms with Gasteiger partial charge in [-0.05, 0) is 36.4 Å². The molecule has 0 aliphatic carbocycles. The second-order valence-electron chi connectivity index (χ2n) is 6.17. The molecular weight excluding hydrogens is 384 g/mol. The third-order valence-electron chi connectivity index (χ3n) is 4.11. The van der Waals surface area contributed by atoms with Crippen LogP contribution in [0.2, 0.25) is 0 Å². The summed E-state index contributed by atoms with van der Waals surface area (Å²) in [6.45, 7) is 0.384. The Balaban J connectivity index is 1.65. The van der Waals surface area contributed by atoms with Gasteiger partial charge in [0.25, 0.3) is 0 Å². The fourth-order valence-electron chi connectivity index (χ4n) is 2.72. The van der Waals surface area contributed by atoms with Crippen molar-refractivity contribution in [3.63, 3.8) is 0 Å². The van der Waals surface area contributed by atoms with Gasteiger partial charge >= 0.3 is 0 Å². The molecule has 3 rings (SSSR count). The van der Waals surface area contributed by atoms with Gasteiger partial charge in [0.2, 0.25) is 11.8 Å². The van der Waals surface area contributed by atoms with Gasteiger partial charge in [0.05, 0.1) is 17.8 Å². The third kappa shape index (κ3) is 3.99. The maximum atomic E-state index is 12.5. The van der Waals surface area contributed by atoms with Gasteiger partial charge in [0.15, 0.2) is 0 Å². The van der Waals surface area contributed by atoms with Crippen LogP contribution in [0.25, 0.3) is 0 Å². The largest absolute Gasteiger partial charge is 0.363 e. The normalized spacial score (nSPS) is 16.8. The standard InChI is InChI=1S/C18H19BrN4O2/c1-22(2)16-8-5-14(10-20-16)21-18(25)12-9-17(24)23(11-12)15-6-3-13(19)4-7-15/h3-8,10,12H,9,11H2,1-2H3,(H,21,25)/t12-/m1/s1. The molecule has 1 atom stereocenters. The predicted molar refractivity (Wildman–Crippen MR) is 102 cm³/mol. The first-order valence-corrected chi connectivity index (χ1v) is 8.73. The number of pyridine rings is 1. The van der Waals surface area contributed by atoms with Crippen molar-refractivity contribution in [3.05, 3.63) is 47.1 Å². The number of carbonyl (C=O) groups is 2. The van der Waals surface area contributed by atoms with Crippen LogP contribution in [0.15, 0.2) is 47.1 Å². The van der Waals surface area contributed by atoms with E-state index in [-0.39, 0.29) is 24.2 Å². The molecule has 2 aromatic rings. The van der Waals surface area contributed by atoms with Gasteiger partial charge in [-0.25, -0.2) is 4.98 Å². The van der Waals surface area contributed by atoms with Crippen LogP contribution in [-0.4, -0.2) is 37.4 Å². The molecule has 130 valence electrons. The Hall–Kier alpha value is -2.41. The van der Waals surface area contributed by atoms with Crippen LogP contribution >= 0.6 is 15.9 Å². The minimum absolute atomic E-state index is 0.0384. The average molecular weight is 403 g/mol. The summed E-state index contributed by atoms with van der Waals surface area (Å²) in [5, 5.41) is 2.85. The number of aromatic nitrogens is 1. The van der Waals surface area contributed by atoms with Gasteiger partial charge in [0.1, 0.15) is 5.82 Å². The molecule has 0 bridgehead atoms. The van der Waals surface area contributed by atoms with Crippen LogP contribution in [0.5, 0.6) is 0 Å². The summed E-state index contributed by atoms with van der Waals surface area (Å²) in [6, 6.07) is 11.1. The zero-order valence-electron chi connectivity index (χ0n) is 14.1. The smallest absolute Gasteiger partial charge is 0.229 e. The molecule has 1 aliphatic rings. The lowest BCUT2D eigenvalue weighted by molar-refractivity contribution is -0.122. The minimum Gasteiger partial charge on any atom is -0.363 e. The molecule has 2 heterocycles. The van der Waals surface area contributed by atoms with Gasteiger partial charge in [-0.15, -0.1) is 0 Å². The summed E-state index contributed by atoms with van der Waals surface area (Å²) in [7, 11) is 3.81. The van der Waals surface area contributed by atoms with Crippen molar-refractivity contribution in [3.8, 4) is 0 Å². The molecule has 1 N–H and O–H groups in total. The van der Waals surface area contributed by atoms with Crippen molar-refractivity contribution in [1.29, 1.82) is 0 Å². The molecule has 25 heavy (non-hydrogen) atoms. The number of benzene rings is 1. The van der Waals surface area contributed by atoms with Crippen LogP contribution in [0, 0.1) is 5.92 Å². The summed E-state index contributed by atoms with van der Waals surface area (Å²) in [5.74, 6) is 0.246. The summed E-state index contributed by atoms with van der Waals surface area (Å²) >= 11 is 3.38. The zero-order chi connectivity index (χ0) is 18.0. The first kappa shape index (κ1) is 17.4. The van der Waals surface area contributed by atoms with Gasteiger partial charge < -0.3 is 15.1 Å². The molecule has 2 amide bonds. The monoisotopic (exact) mass is 402 g/mol. The van der Waals surface area contributed by atoms with E-state index >= 15 is 0 Å². The Morgan fingerprint density at radius 3 is 2.56 bits per heavy atom. The van der Waals surface area contributed by atoms with Crippen molar-refractivity contribution in [1.82, 2.24) is 4.98 Å². The SMILES string of the molecule is CN(C)c1ccc(NC(=O)[C@@H]2CC(=O)N(c3ccc(Br)cc3)C2)cn1. The molecule has 0 spiro atoms. The van der Waals surface area contributed by atoms with Crippen molar-refractivity contribution in [2.24, 2.45) is 5.92 Å². The molecule has 0 radical (unpaired) electrons. The molecule has 0 unspecified atom stereocenters. The van der Waals surface area contributed by atoms with E-state index in [0.29, 0.717) is 12.2 Å². The third-order valence-corrected chi connectivity index (χ3v) is 4.64. The Kier molecular flexibility index (Phi) is 5.03. The summed E-state index contributed by atoms with van der Waals surface area (Å²) in [4.78, 5) is 32.6. The average Bonchev–Trinajstić information content (AvgIpc) is 2.98. The van der Waals surface area contributed by atoms with Crippen molar-refractivity contribution in [2.75, 3.05) is 35.8 Å². The van der Waals surface area contributed by atoms with Crippen LogP contribution in [0.3, 0.4) is 0 Å². The Morgan fingerprint density at radius 2 is 1.96 bits per heavy atom. The van der Waals surface area contributed by atoms with Crippen molar-refractivity contribution in [2.45, 2.75) is 6.42 Å². The maximum Gasteiger partial charge on any atom is 0.229 e.